The molecular formula is C25H37N2O2+. The molecule has 1 fully saturated rings. The van der Waals surface area contributed by atoms with Gasteiger partial charge in [-0.3, -0.25) is 4.79 Å². The number of amides is 1. The van der Waals surface area contributed by atoms with Crippen molar-refractivity contribution in [1.82, 2.24) is 5.32 Å². The number of quaternary nitrogens is 1. The Labute approximate surface area is 175 Å². The molecule has 0 bridgehead atoms. The van der Waals surface area contributed by atoms with E-state index in [0.717, 1.165) is 18.8 Å². The van der Waals surface area contributed by atoms with Crippen molar-refractivity contribution < 1.29 is 14.1 Å². The molecule has 2 N–H and O–H groups in total. The van der Waals surface area contributed by atoms with Gasteiger partial charge in [-0.2, -0.15) is 0 Å². The van der Waals surface area contributed by atoms with Crippen LogP contribution in [0.5, 0.6) is 0 Å². The molecule has 0 saturated heterocycles. The molecule has 0 radical (unpaired) electrons. The fourth-order valence-corrected chi connectivity index (χ4v) is 4.18. The topological polar surface area (TPSA) is 46.7 Å². The molecule has 4 heteroatoms. The molecule has 1 unspecified atom stereocenters. The average Bonchev–Trinajstić information content (AvgIpc) is 3.18. The van der Waals surface area contributed by atoms with Gasteiger partial charge in [0.15, 0.2) is 11.5 Å². The molecule has 29 heavy (non-hydrogen) atoms. The Bertz CT molecular complexity index is 790. The largest absolute Gasteiger partial charge is 0.450 e. The lowest BCUT2D eigenvalue weighted by molar-refractivity contribution is -0.954. The summed E-state index contributed by atoms with van der Waals surface area (Å²) in [6, 6.07) is 13.3. The van der Waals surface area contributed by atoms with Gasteiger partial charge >= 0.3 is 0 Å². The third kappa shape index (κ3) is 5.96. The summed E-state index contributed by atoms with van der Waals surface area (Å²) in [5, 5.41) is 3.03. The molecule has 1 aliphatic rings. The number of benzene rings is 1. The highest BCUT2D eigenvalue weighted by molar-refractivity contribution is 5.91. The predicted octanol–water partition coefficient (Wildman–Crippen LogP) is 4.28. The van der Waals surface area contributed by atoms with Crippen molar-refractivity contribution in [3.05, 3.63) is 59.0 Å². The molecule has 1 amide bonds. The van der Waals surface area contributed by atoms with E-state index >= 15 is 0 Å². The minimum absolute atomic E-state index is 0.115. The lowest BCUT2D eigenvalue weighted by Gasteiger charge is -2.31. The van der Waals surface area contributed by atoms with Crippen molar-refractivity contribution in [2.24, 2.45) is 5.92 Å². The van der Waals surface area contributed by atoms with Crippen LogP contribution in [0.3, 0.4) is 0 Å². The molecular weight excluding hydrogens is 360 g/mol. The second-order valence-electron chi connectivity index (χ2n) is 9.05. The van der Waals surface area contributed by atoms with E-state index in [2.05, 4.69) is 50.4 Å². The predicted molar refractivity (Wildman–Crippen MR) is 117 cm³/mol. The number of hydrogen-bond donors (Lipinski definition) is 2. The van der Waals surface area contributed by atoms with Gasteiger partial charge in [0.2, 0.25) is 0 Å². The van der Waals surface area contributed by atoms with Gasteiger partial charge in [0, 0.05) is 11.6 Å². The molecule has 2 atom stereocenters. The number of rotatable bonds is 8. The van der Waals surface area contributed by atoms with Crippen molar-refractivity contribution >= 4 is 5.91 Å². The van der Waals surface area contributed by atoms with Gasteiger partial charge in [-0.25, -0.2) is 0 Å². The van der Waals surface area contributed by atoms with Crippen molar-refractivity contribution in [3.8, 4) is 0 Å². The SMILES string of the molecule is Cc1ccccc1C[NH+](Cc1ccc(C(=O)N[C@H](C)C(C)C)o1)C1CCCCC1. The first-order valence-corrected chi connectivity index (χ1v) is 11.2. The van der Waals surface area contributed by atoms with Crippen molar-refractivity contribution in [1.29, 1.82) is 0 Å². The van der Waals surface area contributed by atoms with Crippen LogP contribution in [0.25, 0.3) is 0 Å². The lowest BCUT2D eigenvalue weighted by Crippen LogP contribution is -3.13. The molecule has 4 nitrogen and oxygen atoms in total. The molecule has 1 aliphatic carbocycles. The summed E-state index contributed by atoms with van der Waals surface area (Å²) < 4.78 is 5.98. The zero-order chi connectivity index (χ0) is 20.8. The minimum atomic E-state index is -0.115. The quantitative estimate of drug-likeness (QED) is 0.698. The number of aryl methyl sites for hydroxylation is 1. The Balaban J connectivity index is 1.71. The molecule has 2 aromatic rings. The number of carbonyl (C=O) groups excluding carboxylic acids is 1. The van der Waals surface area contributed by atoms with Crippen LogP contribution < -0.4 is 10.2 Å². The number of hydrogen-bond acceptors (Lipinski definition) is 2. The molecule has 1 saturated carbocycles. The van der Waals surface area contributed by atoms with E-state index in [0.29, 0.717) is 17.7 Å². The Hall–Kier alpha value is -2.07. The first-order chi connectivity index (χ1) is 13.9. The van der Waals surface area contributed by atoms with Gasteiger partial charge in [0.25, 0.3) is 5.91 Å². The van der Waals surface area contributed by atoms with E-state index in [4.69, 9.17) is 4.42 Å². The smallest absolute Gasteiger partial charge is 0.287 e. The fraction of sp³-hybridized carbons (Fsp3) is 0.560. The van der Waals surface area contributed by atoms with Crippen molar-refractivity contribution in [2.75, 3.05) is 0 Å². The summed E-state index contributed by atoms with van der Waals surface area (Å²) >= 11 is 0. The van der Waals surface area contributed by atoms with Gasteiger partial charge in [-0.05, 0) is 63.1 Å². The fourth-order valence-electron chi connectivity index (χ4n) is 4.18. The Kier molecular flexibility index (Phi) is 7.54. The van der Waals surface area contributed by atoms with E-state index in [1.54, 1.807) is 4.90 Å². The van der Waals surface area contributed by atoms with Crippen LogP contribution in [0.15, 0.2) is 40.8 Å². The Morgan fingerprint density at radius 1 is 1.07 bits per heavy atom. The van der Waals surface area contributed by atoms with Crippen LogP contribution in [-0.4, -0.2) is 18.0 Å². The van der Waals surface area contributed by atoms with E-state index in [1.165, 1.54) is 43.2 Å². The minimum Gasteiger partial charge on any atom is -0.450 e. The molecule has 1 aromatic carbocycles. The van der Waals surface area contributed by atoms with Crippen LogP contribution in [0.2, 0.25) is 0 Å². The van der Waals surface area contributed by atoms with E-state index < -0.39 is 0 Å². The van der Waals surface area contributed by atoms with Gasteiger partial charge in [0.05, 0.1) is 6.04 Å². The first kappa shape index (κ1) is 21.6. The average molecular weight is 398 g/mol. The lowest BCUT2D eigenvalue weighted by atomic mass is 9.93. The second kappa shape index (κ2) is 10.1. The molecule has 1 heterocycles. The highest BCUT2D eigenvalue weighted by atomic mass is 16.4. The molecule has 1 aromatic heterocycles. The number of carbonyl (C=O) groups is 1. The first-order valence-electron chi connectivity index (χ1n) is 11.2. The van der Waals surface area contributed by atoms with Crippen LogP contribution in [0, 0.1) is 12.8 Å². The van der Waals surface area contributed by atoms with E-state index in [9.17, 15) is 4.79 Å². The third-order valence-electron chi connectivity index (χ3n) is 6.51. The summed E-state index contributed by atoms with van der Waals surface area (Å²) in [5.41, 5.74) is 2.76. The molecule has 158 valence electrons. The summed E-state index contributed by atoms with van der Waals surface area (Å²) in [6.45, 7) is 10.3. The maximum Gasteiger partial charge on any atom is 0.287 e. The summed E-state index contributed by atoms with van der Waals surface area (Å²) in [4.78, 5) is 14.0. The highest BCUT2D eigenvalue weighted by Gasteiger charge is 2.27. The van der Waals surface area contributed by atoms with Crippen LogP contribution in [0.1, 0.15) is 80.3 Å². The van der Waals surface area contributed by atoms with Gasteiger partial charge in [-0.1, -0.05) is 44.5 Å². The number of nitrogens with one attached hydrogen (secondary N) is 2. The second-order valence-corrected chi connectivity index (χ2v) is 9.05. The summed E-state index contributed by atoms with van der Waals surface area (Å²) in [5.74, 6) is 1.61. The van der Waals surface area contributed by atoms with Crippen LogP contribution in [-0.2, 0) is 13.1 Å². The van der Waals surface area contributed by atoms with E-state index in [1.807, 2.05) is 19.1 Å². The summed E-state index contributed by atoms with van der Waals surface area (Å²) in [7, 11) is 0. The maximum atomic E-state index is 12.5. The normalized spacial score (nSPS) is 17.3. The zero-order valence-electron chi connectivity index (χ0n) is 18.5. The molecule has 0 aliphatic heterocycles. The van der Waals surface area contributed by atoms with Gasteiger partial charge < -0.3 is 14.6 Å². The maximum absolute atomic E-state index is 12.5. The third-order valence-corrected chi connectivity index (χ3v) is 6.51. The van der Waals surface area contributed by atoms with Crippen LogP contribution >= 0.6 is 0 Å². The van der Waals surface area contributed by atoms with Crippen molar-refractivity contribution in [2.45, 2.75) is 85.0 Å². The zero-order valence-corrected chi connectivity index (χ0v) is 18.5. The summed E-state index contributed by atoms with van der Waals surface area (Å²) in [6.07, 6.45) is 6.55. The van der Waals surface area contributed by atoms with Gasteiger partial charge in [-0.15, -0.1) is 0 Å². The Morgan fingerprint density at radius 3 is 2.48 bits per heavy atom. The monoisotopic (exact) mass is 397 g/mol. The van der Waals surface area contributed by atoms with Crippen molar-refractivity contribution in [3.63, 3.8) is 0 Å². The molecule has 0 spiro atoms. The van der Waals surface area contributed by atoms with Crippen LogP contribution in [0.4, 0.5) is 0 Å². The van der Waals surface area contributed by atoms with Gasteiger partial charge in [0.1, 0.15) is 13.1 Å². The van der Waals surface area contributed by atoms with E-state index in [-0.39, 0.29) is 11.9 Å². The number of furan rings is 1. The highest BCUT2D eigenvalue weighted by Crippen LogP contribution is 2.17. The Morgan fingerprint density at radius 2 is 1.79 bits per heavy atom. The molecule has 3 rings (SSSR count). The standard InChI is InChI=1S/C25H36N2O2/c1-18(2)20(4)26-25(28)24-15-14-23(29-24)17-27(22-12-6-5-7-13-22)16-21-11-9-8-10-19(21)3/h8-11,14-15,18,20,22H,5-7,12-13,16-17H2,1-4H3,(H,26,28)/p+1/t20-/m1/s1.